The van der Waals surface area contributed by atoms with Gasteiger partial charge >= 0.3 is 6.09 Å². The van der Waals surface area contributed by atoms with E-state index in [0.717, 1.165) is 0 Å². The van der Waals surface area contributed by atoms with Crippen molar-refractivity contribution in [1.29, 1.82) is 0 Å². The third-order valence-electron chi connectivity index (χ3n) is 2.39. The average Bonchev–Trinajstić information content (AvgIpc) is 2.26. The monoisotopic (exact) mass is 277 g/mol. The number of hydrogen-bond donors (Lipinski definition) is 3. The molecule has 0 heterocycles. The molecule has 0 aliphatic rings. The zero-order chi connectivity index (χ0) is 13.0. The van der Waals surface area contributed by atoms with E-state index in [2.05, 4.69) is 5.32 Å². The average molecular weight is 278 g/mol. The van der Waals surface area contributed by atoms with Gasteiger partial charge in [-0.05, 0) is 18.6 Å². The Balaban J connectivity index is 3.16. The number of benzene rings is 1. The second-order valence-electron chi connectivity index (χ2n) is 3.54. The van der Waals surface area contributed by atoms with Crippen LogP contribution in [0.5, 0.6) is 0 Å². The minimum absolute atomic E-state index is 0.323. The summed E-state index contributed by atoms with van der Waals surface area (Å²) in [5, 5.41) is 21.5. The van der Waals surface area contributed by atoms with E-state index >= 15 is 0 Å². The fourth-order valence-corrected chi connectivity index (χ4v) is 2.17. The van der Waals surface area contributed by atoms with Crippen LogP contribution in [0.15, 0.2) is 18.2 Å². The molecule has 0 aliphatic heterocycles. The lowest BCUT2D eigenvalue weighted by Crippen LogP contribution is -2.35. The predicted molar refractivity (Wildman–Crippen MR) is 66.7 cm³/mol. The van der Waals surface area contributed by atoms with Crippen molar-refractivity contribution in [2.75, 3.05) is 0 Å². The van der Waals surface area contributed by atoms with Gasteiger partial charge in [0.2, 0.25) is 0 Å². The van der Waals surface area contributed by atoms with Crippen LogP contribution in [0, 0.1) is 0 Å². The highest BCUT2D eigenvalue weighted by Gasteiger charge is 2.25. The first-order valence-electron chi connectivity index (χ1n) is 5.08. The topological polar surface area (TPSA) is 69.6 Å². The fourth-order valence-electron chi connectivity index (χ4n) is 1.54. The first-order valence-corrected chi connectivity index (χ1v) is 5.84. The molecule has 0 saturated carbocycles. The summed E-state index contributed by atoms with van der Waals surface area (Å²) in [6.07, 6.45) is -1.74. The van der Waals surface area contributed by atoms with Gasteiger partial charge in [0.1, 0.15) is 0 Å². The largest absolute Gasteiger partial charge is 0.465 e. The van der Waals surface area contributed by atoms with Crippen LogP contribution >= 0.6 is 23.2 Å². The van der Waals surface area contributed by atoms with Crippen LogP contribution < -0.4 is 5.32 Å². The van der Waals surface area contributed by atoms with Gasteiger partial charge in [0.25, 0.3) is 0 Å². The molecule has 1 aromatic rings. The van der Waals surface area contributed by atoms with Crippen molar-refractivity contribution in [3.05, 3.63) is 33.8 Å². The van der Waals surface area contributed by atoms with Crippen molar-refractivity contribution in [1.82, 2.24) is 5.32 Å². The van der Waals surface area contributed by atoms with Crippen molar-refractivity contribution in [3.8, 4) is 0 Å². The van der Waals surface area contributed by atoms with Crippen LogP contribution in [0.25, 0.3) is 0 Å². The van der Waals surface area contributed by atoms with E-state index in [9.17, 15) is 9.90 Å². The van der Waals surface area contributed by atoms with Gasteiger partial charge in [-0.2, -0.15) is 0 Å². The highest BCUT2D eigenvalue weighted by molar-refractivity contribution is 6.36. The highest BCUT2D eigenvalue weighted by Crippen LogP contribution is 2.32. The van der Waals surface area contributed by atoms with Crippen LogP contribution in [0.2, 0.25) is 10.0 Å². The summed E-state index contributed by atoms with van der Waals surface area (Å²) in [6, 6.07) is 4.02. The molecule has 0 bridgehead atoms. The Kier molecular flexibility index (Phi) is 5.05. The van der Waals surface area contributed by atoms with Gasteiger partial charge in [0.15, 0.2) is 0 Å². The van der Waals surface area contributed by atoms with E-state index in [0.29, 0.717) is 22.0 Å². The molecular weight excluding hydrogens is 265 g/mol. The SMILES string of the molecule is CCC(O)C(NC(=O)O)c1c(Cl)cccc1Cl. The van der Waals surface area contributed by atoms with Gasteiger partial charge in [0, 0.05) is 15.6 Å². The standard InChI is InChI=1S/C11H13Cl2NO3/c1-2-8(15)10(14-11(16)17)9-6(12)4-3-5-7(9)13/h3-5,8,10,14-15H,2H2,1H3,(H,16,17). The van der Waals surface area contributed by atoms with Gasteiger partial charge < -0.3 is 15.5 Å². The fraction of sp³-hybridized carbons (Fsp3) is 0.364. The number of nitrogens with one attached hydrogen (secondary N) is 1. The van der Waals surface area contributed by atoms with Gasteiger partial charge in [-0.15, -0.1) is 0 Å². The van der Waals surface area contributed by atoms with Crippen LogP contribution in [0.4, 0.5) is 4.79 Å². The van der Waals surface area contributed by atoms with E-state index in [1.807, 2.05) is 0 Å². The van der Waals surface area contributed by atoms with Crippen LogP contribution in [-0.4, -0.2) is 22.4 Å². The number of aliphatic hydroxyl groups excluding tert-OH is 1. The summed E-state index contributed by atoms with van der Waals surface area (Å²) >= 11 is 12.0. The first-order chi connectivity index (χ1) is 7.97. The van der Waals surface area contributed by atoms with Gasteiger partial charge in [-0.3, -0.25) is 0 Å². The molecule has 4 nitrogen and oxygen atoms in total. The molecule has 6 heteroatoms. The Labute approximate surface area is 109 Å². The minimum Gasteiger partial charge on any atom is -0.465 e. The maximum Gasteiger partial charge on any atom is 0.405 e. The number of carboxylic acid groups (broad SMARTS) is 1. The van der Waals surface area contributed by atoms with E-state index in [4.69, 9.17) is 28.3 Å². The third-order valence-corrected chi connectivity index (χ3v) is 3.05. The van der Waals surface area contributed by atoms with Gasteiger partial charge in [0.05, 0.1) is 12.1 Å². The molecule has 0 aromatic heterocycles. The molecule has 2 atom stereocenters. The quantitative estimate of drug-likeness (QED) is 0.792. The van der Waals surface area contributed by atoms with Crippen LogP contribution in [-0.2, 0) is 0 Å². The Hall–Kier alpha value is -0.970. The minimum atomic E-state index is -1.24. The second-order valence-corrected chi connectivity index (χ2v) is 4.35. The molecule has 0 fully saturated rings. The third kappa shape index (κ3) is 3.49. The predicted octanol–water partition coefficient (Wildman–Crippen LogP) is 3.07. The summed E-state index contributed by atoms with van der Waals surface area (Å²) in [7, 11) is 0. The Bertz CT molecular complexity index is 391. The zero-order valence-electron chi connectivity index (χ0n) is 9.15. The lowest BCUT2D eigenvalue weighted by molar-refractivity contribution is 0.116. The van der Waals surface area contributed by atoms with Crippen molar-refractivity contribution in [3.63, 3.8) is 0 Å². The summed E-state index contributed by atoms with van der Waals surface area (Å²) in [5.74, 6) is 0. The van der Waals surface area contributed by atoms with Crippen molar-refractivity contribution in [2.45, 2.75) is 25.5 Å². The number of amides is 1. The van der Waals surface area contributed by atoms with Crippen molar-refractivity contribution < 1.29 is 15.0 Å². The van der Waals surface area contributed by atoms with Gasteiger partial charge in [-0.25, -0.2) is 4.79 Å². The lowest BCUT2D eigenvalue weighted by Gasteiger charge is -2.24. The number of halogens is 2. The molecule has 3 N–H and O–H groups in total. The second kappa shape index (κ2) is 6.10. The van der Waals surface area contributed by atoms with Crippen molar-refractivity contribution >= 4 is 29.3 Å². The summed E-state index contributed by atoms with van der Waals surface area (Å²) < 4.78 is 0. The van der Waals surface area contributed by atoms with Crippen LogP contribution in [0.3, 0.4) is 0 Å². The maximum atomic E-state index is 10.7. The Morgan fingerprint density at radius 3 is 2.35 bits per heavy atom. The molecule has 0 aliphatic carbocycles. The molecule has 0 radical (unpaired) electrons. The van der Waals surface area contributed by atoms with E-state index < -0.39 is 18.2 Å². The Morgan fingerprint density at radius 2 is 1.94 bits per heavy atom. The molecular formula is C11H13Cl2NO3. The van der Waals surface area contributed by atoms with Crippen molar-refractivity contribution in [2.24, 2.45) is 0 Å². The number of aliphatic hydroxyl groups is 1. The molecule has 1 aromatic carbocycles. The highest BCUT2D eigenvalue weighted by atomic mass is 35.5. The molecule has 0 spiro atoms. The molecule has 94 valence electrons. The molecule has 17 heavy (non-hydrogen) atoms. The number of hydrogen-bond acceptors (Lipinski definition) is 2. The Morgan fingerprint density at radius 1 is 1.41 bits per heavy atom. The normalized spacial score (nSPS) is 14.1. The number of carbonyl (C=O) groups is 1. The molecule has 1 rings (SSSR count). The van der Waals surface area contributed by atoms with Gasteiger partial charge in [-0.1, -0.05) is 36.2 Å². The molecule has 1 amide bonds. The molecule has 2 unspecified atom stereocenters. The van der Waals surface area contributed by atoms with Crippen LogP contribution in [0.1, 0.15) is 24.9 Å². The summed E-state index contributed by atoms with van der Waals surface area (Å²) in [6.45, 7) is 1.74. The smallest absolute Gasteiger partial charge is 0.405 e. The zero-order valence-corrected chi connectivity index (χ0v) is 10.7. The van der Waals surface area contributed by atoms with E-state index in [-0.39, 0.29) is 0 Å². The first kappa shape index (κ1) is 14.1. The number of rotatable bonds is 4. The summed E-state index contributed by atoms with van der Waals surface area (Å²) in [4.78, 5) is 10.7. The summed E-state index contributed by atoms with van der Waals surface area (Å²) in [5.41, 5.74) is 0.396. The maximum absolute atomic E-state index is 10.7. The van der Waals surface area contributed by atoms with E-state index in [1.165, 1.54) is 0 Å². The molecule has 0 saturated heterocycles. The van der Waals surface area contributed by atoms with E-state index in [1.54, 1.807) is 25.1 Å². The lowest BCUT2D eigenvalue weighted by atomic mass is 9.99.